The van der Waals surface area contributed by atoms with Gasteiger partial charge in [-0.25, -0.2) is 0 Å². The molecule has 0 radical (unpaired) electrons. The summed E-state index contributed by atoms with van der Waals surface area (Å²) in [6.07, 6.45) is 5.62. The van der Waals surface area contributed by atoms with E-state index in [1.54, 1.807) is 0 Å². The molecule has 2 aromatic carbocycles. The molecule has 0 nitrogen and oxygen atoms in total. The molecule has 0 bridgehead atoms. The van der Waals surface area contributed by atoms with Crippen molar-refractivity contribution < 1.29 is 0 Å². The highest BCUT2D eigenvalue weighted by Gasteiger charge is 2.10. The normalized spacial score (nSPS) is 12.6. The molecule has 1 aromatic heterocycles. The van der Waals surface area contributed by atoms with Crippen molar-refractivity contribution in [1.82, 2.24) is 0 Å². The number of hydrogen-bond acceptors (Lipinski definition) is 1. The summed E-state index contributed by atoms with van der Waals surface area (Å²) in [5.41, 5.74) is 5.87. The van der Waals surface area contributed by atoms with Crippen LogP contribution in [-0.2, 0) is 6.42 Å². The molecule has 3 aromatic rings. The number of hydrogen-bond donors (Lipinski definition) is 0. The average Bonchev–Trinajstić information content (AvgIpc) is 3.22. The summed E-state index contributed by atoms with van der Waals surface area (Å²) in [5.74, 6) is 1.28. The van der Waals surface area contributed by atoms with Crippen molar-refractivity contribution in [3.05, 3.63) is 76.2 Å². The third kappa shape index (κ3) is 3.62. The minimum absolute atomic E-state index is 0.636. The molecule has 124 valence electrons. The Kier molecular flexibility index (Phi) is 5.20. The molecule has 0 aliphatic heterocycles. The smallest absolute Gasteiger partial charge is 0.0345 e. The molecule has 1 heteroatoms. The maximum absolute atomic E-state index is 2.30. The van der Waals surface area contributed by atoms with Crippen LogP contribution in [0.25, 0.3) is 16.2 Å². The summed E-state index contributed by atoms with van der Waals surface area (Å²) in [7, 11) is 0. The highest BCUT2D eigenvalue weighted by atomic mass is 32.1. The summed E-state index contributed by atoms with van der Waals surface area (Å²) < 4.78 is 1.40. The summed E-state index contributed by atoms with van der Waals surface area (Å²) in [6, 6.07) is 15.5. The van der Waals surface area contributed by atoms with Gasteiger partial charge in [0.25, 0.3) is 0 Å². The fraction of sp³-hybridized carbons (Fsp3) is 0.304. The van der Waals surface area contributed by atoms with Gasteiger partial charge < -0.3 is 0 Å². The Morgan fingerprint density at radius 3 is 2.50 bits per heavy atom. The first-order valence-corrected chi connectivity index (χ1v) is 9.69. The first kappa shape index (κ1) is 17.0. The van der Waals surface area contributed by atoms with E-state index >= 15 is 0 Å². The molecule has 0 saturated heterocycles. The van der Waals surface area contributed by atoms with E-state index in [9.17, 15) is 0 Å². The molecule has 0 N–H and O–H groups in total. The van der Waals surface area contributed by atoms with Crippen LogP contribution < -0.4 is 0 Å². The van der Waals surface area contributed by atoms with Gasteiger partial charge in [0, 0.05) is 4.70 Å². The van der Waals surface area contributed by atoms with Gasteiger partial charge in [-0.2, -0.15) is 0 Å². The predicted octanol–water partition coefficient (Wildman–Crippen LogP) is 7.40. The monoisotopic (exact) mass is 334 g/mol. The lowest BCUT2D eigenvalue weighted by Crippen LogP contribution is -1.93. The molecule has 0 atom stereocenters. The van der Waals surface area contributed by atoms with Crippen molar-refractivity contribution in [3.63, 3.8) is 0 Å². The van der Waals surface area contributed by atoms with Gasteiger partial charge in [0.15, 0.2) is 0 Å². The molecule has 0 unspecified atom stereocenters. The number of allylic oxidation sites excluding steroid dienone is 1. The fourth-order valence-corrected chi connectivity index (χ4v) is 3.99. The van der Waals surface area contributed by atoms with E-state index in [0.29, 0.717) is 11.8 Å². The Morgan fingerprint density at radius 2 is 1.75 bits per heavy atom. The summed E-state index contributed by atoms with van der Waals surface area (Å²) in [4.78, 5) is 0. The van der Waals surface area contributed by atoms with Gasteiger partial charge in [-0.15, -0.1) is 11.3 Å². The molecule has 1 aliphatic carbocycles. The van der Waals surface area contributed by atoms with Crippen LogP contribution in [0.3, 0.4) is 0 Å². The Hall–Kier alpha value is -1.86. The van der Waals surface area contributed by atoms with E-state index in [2.05, 4.69) is 87.7 Å². The molecular weight excluding hydrogens is 308 g/mol. The fourth-order valence-electron chi connectivity index (χ4n) is 3.15. The zero-order valence-corrected chi connectivity index (χ0v) is 15.9. The minimum Gasteiger partial charge on any atom is -0.144 e. The zero-order chi connectivity index (χ0) is 17.1. The molecule has 0 fully saturated rings. The third-order valence-electron chi connectivity index (χ3n) is 4.62. The maximum Gasteiger partial charge on any atom is 0.0345 e. The van der Waals surface area contributed by atoms with Gasteiger partial charge in [0.1, 0.15) is 0 Å². The molecule has 4 rings (SSSR count). The Labute approximate surface area is 149 Å². The minimum atomic E-state index is 0.636. The van der Waals surface area contributed by atoms with Crippen molar-refractivity contribution in [2.24, 2.45) is 0 Å². The lowest BCUT2D eigenvalue weighted by molar-refractivity contribution is 0.862. The first-order chi connectivity index (χ1) is 11.6. The number of rotatable bonds is 2. The van der Waals surface area contributed by atoms with Crippen LogP contribution in [0, 0.1) is 0 Å². The van der Waals surface area contributed by atoms with E-state index in [4.69, 9.17) is 0 Å². The van der Waals surface area contributed by atoms with E-state index < -0.39 is 0 Å². The highest BCUT2D eigenvalue weighted by Crippen LogP contribution is 2.28. The summed E-state index contributed by atoms with van der Waals surface area (Å²) in [5, 5.41) is 3.51. The molecule has 1 aliphatic rings. The molecule has 0 amide bonds. The second kappa shape index (κ2) is 7.36. The van der Waals surface area contributed by atoms with Crippen molar-refractivity contribution >= 4 is 27.5 Å². The predicted molar refractivity (Wildman–Crippen MR) is 109 cm³/mol. The van der Waals surface area contributed by atoms with E-state index in [1.807, 2.05) is 11.3 Å². The van der Waals surface area contributed by atoms with Gasteiger partial charge in [-0.1, -0.05) is 70.2 Å². The van der Waals surface area contributed by atoms with Crippen LogP contribution in [0.1, 0.15) is 61.8 Å². The Bertz CT molecular complexity index is 849. The average molecular weight is 335 g/mol. The van der Waals surface area contributed by atoms with Gasteiger partial charge in [0.05, 0.1) is 0 Å². The van der Waals surface area contributed by atoms with Crippen LogP contribution in [0.4, 0.5) is 0 Å². The summed E-state index contributed by atoms with van der Waals surface area (Å²) in [6.45, 7) is 8.97. The second-order valence-corrected chi connectivity index (χ2v) is 8.00. The first-order valence-electron chi connectivity index (χ1n) is 8.81. The van der Waals surface area contributed by atoms with Crippen molar-refractivity contribution in [2.75, 3.05) is 0 Å². The van der Waals surface area contributed by atoms with E-state index in [1.165, 1.54) is 32.3 Å². The zero-order valence-electron chi connectivity index (χ0n) is 15.0. The Morgan fingerprint density at radius 1 is 0.917 bits per heavy atom. The third-order valence-corrected chi connectivity index (χ3v) is 5.50. The van der Waals surface area contributed by atoms with Crippen LogP contribution in [0.2, 0.25) is 0 Å². The lowest BCUT2D eigenvalue weighted by atomic mass is 9.95. The van der Waals surface area contributed by atoms with Gasteiger partial charge in [0.2, 0.25) is 0 Å². The molecular formula is C23H26S. The van der Waals surface area contributed by atoms with Crippen LogP contribution in [-0.4, -0.2) is 0 Å². The lowest BCUT2D eigenvalue weighted by Gasteiger charge is -2.10. The largest absolute Gasteiger partial charge is 0.144 e. The summed E-state index contributed by atoms with van der Waals surface area (Å²) >= 11 is 1.82. The van der Waals surface area contributed by atoms with E-state index in [0.717, 1.165) is 6.42 Å². The second-order valence-electron chi connectivity index (χ2n) is 7.05. The quantitative estimate of drug-likeness (QED) is 0.458. The molecule has 24 heavy (non-hydrogen) atoms. The topological polar surface area (TPSA) is 0 Å². The van der Waals surface area contributed by atoms with Crippen LogP contribution in [0.15, 0.2) is 53.9 Å². The molecule has 1 heterocycles. The number of fused-ring (bicyclic) bond motifs is 2. The number of thiophene rings is 1. The SMILES string of the molecule is CC(C)c1ccc2ccsc2c1.CC(C)c1cccc2c1C=CC2. The van der Waals surface area contributed by atoms with Gasteiger partial charge >= 0.3 is 0 Å². The maximum atomic E-state index is 2.30. The standard InChI is InChI=1S/C12H14.C11H12S/c1-9(2)11-7-3-5-10-6-4-8-12(10)11;1-8(2)10-4-3-9-5-6-12-11(9)7-10/h3-5,7-9H,6H2,1-2H3;3-8H,1-2H3. The van der Waals surface area contributed by atoms with Gasteiger partial charge in [-0.3, -0.25) is 0 Å². The van der Waals surface area contributed by atoms with Crippen molar-refractivity contribution in [2.45, 2.75) is 46.0 Å². The van der Waals surface area contributed by atoms with E-state index in [-0.39, 0.29) is 0 Å². The Balaban J connectivity index is 0.000000141. The van der Waals surface area contributed by atoms with Gasteiger partial charge in [-0.05, 0) is 63.4 Å². The molecule has 0 spiro atoms. The van der Waals surface area contributed by atoms with Crippen molar-refractivity contribution in [3.8, 4) is 0 Å². The highest BCUT2D eigenvalue weighted by molar-refractivity contribution is 7.17. The number of benzene rings is 2. The van der Waals surface area contributed by atoms with Crippen LogP contribution in [0.5, 0.6) is 0 Å². The van der Waals surface area contributed by atoms with Crippen molar-refractivity contribution in [1.29, 1.82) is 0 Å². The molecule has 0 saturated carbocycles. The van der Waals surface area contributed by atoms with Crippen LogP contribution >= 0.6 is 11.3 Å².